The van der Waals surface area contributed by atoms with Gasteiger partial charge in [0.15, 0.2) is 0 Å². The van der Waals surface area contributed by atoms with E-state index in [4.69, 9.17) is 0 Å². The van der Waals surface area contributed by atoms with Gasteiger partial charge in [-0.3, -0.25) is 14.6 Å². The molecule has 2 aromatic heterocycles. The molecule has 0 radical (unpaired) electrons. The maximum atomic E-state index is 12.0. The van der Waals surface area contributed by atoms with E-state index < -0.39 is 0 Å². The number of para-hydroxylation sites is 1. The summed E-state index contributed by atoms with van der Waals surface area (Å²) in [6.07, 6.45) is 4.53. The van der Waals surface area contributed by atoms with E-state index in [1.165, 1.54) is 12.2 Å². The monoisotopic (exact) mass is 305 g/mol. The molecular formula is C18H15N3O2. The molecule has 0 aliphatic heterocycles. The molecule has 0 unspecified atom stereocenters. The van der Waals surface area contributed by atoms with Crippen molar-refractivity contribution in [1.29, 1.82) is 0 Å². The Morgan fingerprint density at radius 3 is 2.83 bits per heavy atom. The smallest absolute Gasteiger partial charge is 0.255 e. The van der Waals surface area contributed by atoms with Crippen molar-refractivity contribution in [3.05, 3.63) is 82.4 Å². The van der Waals surface area contributed by atoms with Gasteiger partial charge in [0.2, 0.25) is 5.91 Å². The molecule has 0 bridgehead atoms. The van der Waals surface area contributed by atoms with Gasteiger partial charge < -0.3 is 10.3 Å². The lowest BCUT2D eigenvalue weighted by Crippen LogP contribution is -2.21. The van der Waals surface area contributed by atoms with Crippen LogP contribution in [-0.2, 0) is 11.3 Å². The van der Waals surface area contributed by atoms with Gasteiger partial charge in [-0.15, -0.1) is 0 Å². The molecule has 3 aromatic rings. The highest BCUT2D eigenvalue weighted by molar-refractivity contribution is 5.92. The summed E-state index contributed by atoms with van der Waals surface area (Å²) in [5.41, 5.74) is 1.77. The zero-order valence-corrected chi connectivity index (χ0v) is 12.3. The lowest BCUT2D eigenvalue weighted by atomic mass is 10.1. The van der Waals surface area contributed by atoms with Crippen molar-refractivity contribution in [3.63, 3.8) is 0 Å². The van der Waals surface area contributed by atoms with Crippen LogP contribution in [0.5, 0.6) is 0 Å². The van der Waals surface area contributed by atoms with Gasteiger partial charge in [0.1, 0.15) is 0 Å². The van der Waals surface area contributed by atoms with Crippen LogP contribution in [0.2, 0.25) is 0 Å². The van der Waals surface area contributed by atoms with Crippen molar-refractivity contribution < 1.29 is 4.79 Å². The summed E-state index contributed by atoms with van der Waals surface area (Å²) in [7, 11) is 0. The normalized spacial score (nSPS) is 11.0. The van der Waals surface area contributed by atoms with Crippen molar-refractivity contribution in [2.75, 3.05) is 0 Å². The standard InChI is InChI=1S/C18H15N3O2/c22-17(20-12-15-6-3-4-10-19-15)9-8-14-11-13-5-1-2-7-16(13)21-18(14)23/h1-11H,12H2,(H,20,22)(H,21,23)/b9-8+. The van der Waals surface area contributed by atoms with E-state index in [1.807, 2.05) is 42.5 Å². The molecule has 0 spiro atoms. The number of aromatic nitrogens is 2. The van der Waals surface area contributed by atoms with Gasteiger partial charge in [-0.25, -0.2) is 0 Å². The number of carbonyl (C=O) groups excluding carboxylic acids is 1. The fourth-order valence-corrected chi connectivity index (χ4v) is 2.19. The summed E-state index contributed by atoms with van der Waals surface area (Å²) in [6, 6.07) is 14.8. The molecule has 114 valence electrons. The maximum Gasteiger partial charge on any atom is 0.255 e. The van der Waals surface area contributed by atoms with Crippen LogP contribution in [-0.4, -0.2) is 15.9 Å². The molecule has 2 heterocycles. The second-order valence-electron chi connectivity index (χ2n) is 5.01. The van der Waals surface area contributed by atoms with E-state index in [1.54, 1.807) is 12.3 Å². The van der Waals surface area contributed by atoms with Gasteiger partial charge in [-0.05, 0) is 35.7 Å². The molecule has 3 rings (SSSR count). The number of hydrogen-bond acceptors (Lipinski definition) is 3. The Morgan fingerprint density at radius 2 is 2.00 bits per heavy atom. The van der Waals surface area contributed by atoms with Crippen molar-refractivity contribution in [2.24, 2.45) is 0 Å². The number of benzene rings is 1. The SMILES string of the molecule is O=C(/C=C/c1cc2ccccc2[nH]c1=O)NCc1ccccn1. The van der Waals surface area contributed by atoms with Crippen LogP contribution in [0, 0.1) is 0 Å². The summed E-state index contributed by atoms with van der Waals surface area (Å²) >= 11 is 0. The van der Waals surface area contributed by atoms with Crippen LogP contribution in [0.4, 0.5) is 0 Å². The first-order valence-electron chi connectivity index (χ1n) is 7.20. The van der Waals surface area contributed by atoms with Crippen molar-refractivity contribution in [2.45, 2.75) is 6.54 Å². The third-order valence-corrected chi connectivity index (χ3v) is 3.37. The number of rotatable bonds is 4. The highest BCUT2D eigenvalue weighted by Gasteiger charge is 2.01. The minimum absolute atomic E-state index is 0.225. The molecule has 2 N–H and O–H groups in total. The van der Waals surface area contributed by atoms with Crippen LogP contribution in [0.3, 0.4) is 0 Å². The molecule has 0 saturated carbocycles. The van der Waals surface area contributed by atoms with E-state index in [2.05, 4.69) is 15.3 Å². The Morgan fingerprint density at radius 1 is 1.17 bits per heavy atom. The van der Waals surface area contributed by atoms with Crippen LogP contribution in [0.1, 0.15) is 11.3 Å². The molecule has 1 aromatic carbocycles. The first-order chi connectivity index (χ1) is 11.2. The number of aromatic amines is 1. The number of nitrogens with one attached hydrogen (secondary N) is 2. The lowest BCUT2D eigenvalue weighted by molar-refractivity contribution is -0.116. The highest BCUT2D eigenvalue weighted by Crippen LogP contribution is 2.10. The van der Waals surface area contributed by atoms with Crippen LogP contribution in [0.15, 0.2) is 65.6 Å². The van der Waals surface area contributed by atoms with E-state index in [-0.39, 0.29) is 11.5 Å². The average Bonchev–Trinajstić information content (AvgIpc) is 2.59. The number of fused-ring (bicyclic) bond motifs is 1. The molecule has 5 nitrogen and oxygen atoms in total. The fourth-order valence-electron chi connectivity index (χ4n) is 2.19. The fraction of sp³-hybridized carbons (Fsp3) is 0.0556. The first-order valence-corrected chi connectivity index (χ1v) is 7.20. The maximum absolute atomic E-state index is 12.0. The van der Waals surface area contributed by atoms with Gasteiger partial charge in [0, 0.05) is 23.4 Å². The predicted octanol–water partition coefficient (Wildman–Crippen LogP) is 2.25. The number of H-pyrrole nitrogens is 1. The van der Waals surface area contributed by atoms with Crippen molar-refractivity contribution >= 4 is 22.9 Å². The third kappa shape index (κ3) is 3.71. The van der Waals surface area contributed by atoms with Crippen LogP contribution >= 0.6 is 0 Å². The molecule has 23 heavy (non-hydrogen) atoms. The highest BCUT2D eigenvalue weighted by atomic mass is 16.1. The quantitative estimate of drug-likeness (QED) is 0.726. The van der Waals surface area contributed by atoms with Crippen LogP contribution in [0.25, 0.3) is 17.0 Å². The van der Waals surface area contributed by atoms with Gasteiger partial charge in [0.05, 0.1) is 12.2 Å². The zero-order chi connectivity index (χ0) is 16.1. The van der Waals surface area contributed by atoms with Gasteiger partial charge in [-0.1, -0.05) is 24.3 Å². The van der Waals surface area contributed by atoms with Gasteiger partial charge >= 0.3 is 0 Å². The zero-order valence-electron chi connectivity index (χ0n) is 12.3. The summed E-state index contributed by atoms with van der Waals surface area (Å²) in [4.78, 5) is 30.7. The number of hydrogen-bond donors (Lipinski definition) is 2. The topological polar surface area (TPSA) is 74.8 Å². The minimum atomic E-state index is -0.275. The summed E-state index contributed by atoms with van der Waals surface area (Å²) in [5.74, 6) is -0.275. The number of carbonyl (C=O) groups is 1. The number of nitrogens with zero attached hydrogens (tertiary/aromatic N) is 1. The molecule has 0 fully saturated rings. The van der Waals surface area contributed by atoms with Crippen molar-refractivity contribution in [3.8, 4) is 0 Å². The first kappa shape index (κ1) is 14.7. The Labute approximate surface area is 132 Å². The number of pyridine rings is 2. The van der Waals surface area contributed by atoms with E-state index >= 15 is 0 Å². The lowest BCUT2D eigenvalue weighted by Gasteiger charge is -2.01. The van der Waals surface area contributed by atoms with E-state index in [0.29, 0.717) is 12.1 Å². The van der Waals surface area contributed by atoms with E-state index in [9.17, 15) is 9.59 Å². The van der Waals surface area contributed by atoms with E-state index in [0.717, 1.165) is 16.6 Å². The molecule has 0 atom stereocenters. The Kier molecular flexibility index (Phi) is 4.29. The molecule has 0 aliphatic rings. The Hall–Kier alpha value is -3.21. The minimum Gasteiger partial charge on any atom is -0.347 e. The summed E-state index contributed by atoms with van der Waals surface area (Å²) in [6.45, 7) is 0.345. The second kappa shape index (κ2) is 6.70. The second-order valence-corrected chi connectivity index (χ2v) is 5.01. The molecule has 0 saturated heterocycles. The van der Waals surface area contributed by atoms with Crippen LogP contribution < -0.4 is 10.9 Å². The van der Waals surface area contributed by atoms with Gasteiger partial charge in [0.25, 0.3) is 5.56 Å². The molecule has 5 heteroatoms. The Balaban J connectivity index is 1.71. The average molecular weight is 305 g/mol. The molecular weight excluding hydrogens is 290 g/mol. The third-order valence-electron chi connectivity index (χ3n) is 3.37. The molecule has 0 aliphatic carbocycles. The summed E-state index contributed by atoms with van der Waals surface area (Å²) in [5, 5.41) is 3.64. The molecule has 1 amide bonds. The number of amides is 1. The largest absolute Gasteiger partial charge is 0.347 e. The van der Waals surface area contributed by atoms with Gasteiger partial charge in [-0.2, -0.15) is 0 Å². The Bertz CT molecular complexity index is 914. The summed E-state index contributed by atoms with van der Waals surface area (Å²) < 4.78 is 0. The predicted molar refractivity (Wildman–Crippen MR) is 89.7 cm³/mol. The van der Waals surface area contributed by atoms with Crippen molar-refractivity contribution in [1.82, 2.24) is 15.3 Å².